The maximum atomic E-state index is 13.3. The van der Waals surface area contributed by atoms with Gasteiger partial charge in [0.1, 0.15) is 6.61 Å². The van der Waals surface area contributed by atoms with Crippen molar-refractivity contribution in [3.8, 4) is 0 Å². The van der Waals surface area contributed by atoms with Gasteiger partial charge >= 0.3 is 5.97 Å². The van der Waals surface area contributed by atoms with Crippen molar-refractivity contribution in [3.05, 3.63) is 66.0 Å². The zero-order valence-corrected chi connectivity index (χ0v) is 25.9. The van der Waals surface area contributed by atoms with Crippen LogP contribution in [0.5, 0.6) is 0 Å². The highest BCUT2D eigenvalue weighted by atomic mass is 16.5. The number of hydrogen-bond acceptors (Lipinski definition) is 8. The number of benzene rings is 1. The van der Waals surface area contributed by atoms with Gasteiger partial charge in [0, 0.05) is 30.7 Å². The topological polar surface area (TPSA) is 175 Å². The fraction of sp³-hybridized carbons (Fsp3) is 0.485. The van der Waals surface area contributed by atoms with Crippen LogP contribution in [0.3, 0.4) is 0 Å². The zero-order valence-electron chi connectivity index (χ0n) is 25.9. The number of esters is 1. The molecule has 44 heavy (non-hydrogen) atoms. The summed E-state index contributed by atoms with van der Waals surface area (Å²) in [6, 6.07) is 11.5. The standard InChI is InChI=1S/C33H44N4O7/c1-5-22(4)29(37-32(42)26(14-21(2)3)17-28(39)44-20-23-10-7-6-8-11-23)30(40)33(43)36-19-27(38)16-25(31(34)41)15-24-12-9-13-35-18-24/h6-13,18,21-22,25-26,29H,5,14-17,19-20H2,1-4H3,(H2,34,41)(H,36,43)(H,37,42)/t22-,25+,26+,29?/m0/s1. The van der Waals surface area contributed by atoms with Crippen LogP contribution >= 0.6 is 0 Å². The van der Waals surface area contributed by atoms with Gasteiger partial charge in [0.15, 0.2) is 5.78 Å². The minimum atomic E-state index is -1.17. The van der Waals surface area contributed by atoms with Gasteiger partial charge in [-0.15, -0.1) is 0 Å². The Balaban J connectivity index is 2.00. The number of ketones is 2. The molecule has 1 heterocycles. The summed E-state index contributed by atoms with van der Waals surface area (Å²) in [5.41, 5.74) is 7.03. The number of primary amides is 1. The SMILES string of the molecule is CC[C@H](C)C(NC(=O)[C@@H](CC(=O)OCc1ccccc1)CC(C)C)C(=O)C(=O)NCC(=O)C[C@@H](Cc1cccnc1)C(N)=O. The molecule has 4 N–H and O–H groups in total. The first kappa shape index (κ1) is 35.8. The lowest BCUT2D eigenvalue weighted by Crippen LogP contribution is -2.52. The molecule has 0 aliphatic heterocycles. The summed E-state index contributed by atoms with van der Waals surface area (Å²) >= 11 is 0. The number of nitrogens with one attached hydrogen (secondary N) is 2. The summed E-state index contributed by atoms with van der Waals surface area (Å²) in [5.74, 6) is -6.06. The van der Waals surface area contributed by atoms with Crippen LogP contribution in [0.4, 0.5) is 0 Å². The van der Waals surface area contributed by atoms with Crippen molar-refractivity contribution in [2.75, 3.05) is 6.54 Å². The average molecular weight is 609 g/mol. The Labute approximate surface area is 258 Å². The first-order valence-electron chi connectivity index (χ1n) is 14.9. The molecule has 1 unspecified atom stereocenters. The highest BCUT2D eigenvalue weighted by Crippen LogP contribution is 2.19. The maximum Gasteiger partial charge on any atom is 0.306 e. The predicted molar refractivity (Wildman–Crippen MR) is 163 cm³/mol. The summed E-state index contributed by atoms with van der Waals surface area (Å²) in [7, 11) is 0. The molecule has 11 heteroatoms. The van der Waals surface area contributed by atoms with Gasteiger partial charge in [0.05, 0.1) is 19.0 Å². The molecular formula is C33H44N4O7. The first-order valence-corrected chi connectivity index (χ1v) is 14.9. The van der Waals surface area contributed by atoms with Gasteiger partial charge in [0.2, 0.25) is 17.6 Å². The minimum absolute atomic E-state index is 0.0714. The molecule has 0 aliphatic carbocycles. The average Bonchev–Trinajstić information content (AvgIpc) is 3.00. The van der Waals surface area contributed by atoms with E-state index in [2.05, 4.69) is 15.6 Å². The second kappa shape index (κ2) is 18.3. The van der Waals surface area contributed by atoms with Crippen LogP contribution in [-0.2, 0) is 46.5 Å². The van der Waals surface area contributed by atoms with Crippen molar-refractivity contribution in [2.24, 2.45) is 29.4 Å². The molecule has 1 aromatic heterocycles. The van der Waals surface area contributed by atoms with E-state index in [4.69, 9.17) is 10.5 Å². The number of aromatic nitrogens is 1. The summed E-state index contributed by atoms with van der Waals surface area (Å²) in [4.78, 5) is 80.4. The fourth-order valence-corrected chi connectivity index (χ4v) is 4.65. The van der Waals surface area contributed by atoms with Gasteiger partial charge in [-0.05, 0) is 41.9 Å². The number of Topliss-reactive ketones (excluding diaryl/α,β-unsaturated/α-hetero) is 2. The van der Waals surface area contributed by atoms with E-state index in [-0.39, 0.29) is 31.8 Å². The summed E-state index contributed by atoms with van der Waals surface area (Å²) < 4.78 is 5.37. The summed E-state index contributed by atoms with van der Waals surface area (Å²) in [5, 5.41) is 5.01. The molecule has 0 spiro atoms. The number of ether oxygens (including phenoxy) is 1. The Morgan fingerprint density at radius 1 is 0.909 bits per heavy atom. The monoisotopic (exact) mass is 608 g/mol. The number of pyridine rings is 1. The highest BCUT2D eigenvalue weighted by Gasteiger charge is 2.34. The van der Waals surface area contributed by atoms with Crippen molar-refractivity contribution in [1.82, 2.24) is 15.6 Å². The van der Waals surface area contributed by atoms with E-state index in [0.29, 0.717) is 12.8 Å². The van der Waals surface area contributed by atoms with Gasteiger partial charge in [-0.3, -0.25) is 33.8 Å². The van der Waals surface area contributed by atoms with E-state index in [1.165, 1.54) is 0 Å². The Kier molecular flexibility index (Phi) is 14.9. The van der Waals surface area contributed by atoms with Crippen LogP contribution in [-0.4, -0.2) is 52.8 Å². The van der Waals surface area contributed by atoms with E-state index in [1.54, 1.807) is 31.5 Å². The summed E-state index contributed by atoms with van der Waals surface area (Å²) in [6.07, 6.45) is 3.81. The third kappa shape index (κ3) is 12.4. The number of carbonyl (C=O) groups excluding carboxylic acids is 6. The first-order chi connectivity index (χ1) is 20.9. The lowest BCUT2D eigenvalue weighted by molar-refractivity contribution is -0.149. The van der Waals surface area contributed by atoms with Gasteiger partial charge in [-0.1, -0.05) is 70.5 Å². The fourth-order valence-electron chi connectivity index (χ4n) is 4.65. The van der Waals surface area contributed by atoms with Crippen molar-refractivity contribution in [1.29, 1.82) is 0 Å². The third-order valence-electron chi connectivity index (χ3n) is 7.33. The van der Waals surface area contributed by atoms with E-state index >= 15 is 0 Å². The molecule has 3 amide bonds. The van der Waals surface area contributed by atoms with Crippen LogP contribution in [0, 0.1) is 23.7 Å². The Morgan fingerprint density at radius 3 is 2.18 bits per heavy atom. The van der Waals surface area contributed by atoms with E-state index in [9.17, 15) is 28.8 Å². The van der Waals surface area contributed by atoms with E-state index in [1.807, 2.05) is 51.1 Å². The van der Waals surface area contributed by atoms with Crippen LogP contribution in [0.2, 0.25) is 0 Å². The van der Waals surface area contributed by atoms with Gasteiger partial charge in [0.25, 0.3) is 5.91 Å². The second-order valence-corrected chi connectivity index (χ2v) is 11.5. The predicted octanol–water partition coefficient (Wildman–Crippen LogP) is 2.70. The molecule has 0 aliphatic rings. The van der Waals surface area contributed by atoms with Crippen LogP contribution in [0.1, 0.15) is 64.5 Å². The number of nitrogens with two attached hydrogens (primary N) is 1. The lowest BCUT2D eigenvalue weighted by atomic mass is 9.90. The molecule has 11 nitrogen and oxygen atoms in total. The number of amides is 3. The van der Waals surface area contributed by atoms with Crippen LogP contribution in [0.15, 0.2) is 54.9 Å². The minimum Gasteiger partial charge on any atom is -0.461 e. The van der Waals surface area contributed by atoms with Gasteiger partial charge < -0.3 is 21.1 Å². The molecule has 0 saturated carbocycles. The Bertz CT molecular complexity index is 1270. The van der Waals surface area contributed by atoms with Crippen molar-refractivity contribution < 1.29 is 33.5 Å². The maximum absolute atomic E-state index is 13.3. The number of rotatable bonds is 19. The molecule has 2 aromatic rings. The molecule has 0 fully saturated rings. The lowest BCUT2D eigenvalue weighted by Gasteiger charge is -2.26. The van der Waals surface area contributed by atoms with Crippen LogP contribution in [0.25, 0.3) is 0 Å². The van der Waals surface area contributed by atoms with Gasteiger partial charge in [-0.2, -0.15) is 0 Å². The molecule has 2 rings (SSSR count). The van der Waals surface area contributed by atoms with Crippen molar-refractivity contribution in [3.63, 3.8) is 0 Å². The van der Waals surface area contributed by atoms with Crippen molar-refractivity contribution >= 4 is 35.3 Å². The zero-order chi connectivity index (χ0) is 32.6. The Morgan fingerprint density at radius 2 is 1.59 bits per heavy atom. The number of carbonyl (C=O) groups is 6. The molecular weight excluding hydrogens is 564 g/mol. The second-order valence-electron chi connectivity index (χ2n) is 11.5. The molecule has 4 atom stereocenters. The quantitative estimate of drug-likeness (QED) is 0.161. The normalized spacial score (nSPS) is 13.7. The molecule has 0 bridgehead atoms. The molecule has 238 valence electrons. The molecule has 0 radical (unpaired) electrons. The third-order valence-corrected chi connectivity index (χ3v) is 7.33. The number of hydrogen-bond donors (Lipinski definition) is 3. The Hall–Kier alpha value is -4.41. The van der Waals surface area contributed by atoms with E-state index < -0.39 is 65.6 Å². The largest absolute Gasteiger partial charge is 0.461 e. The molecule has 1 aromatic carbocycles. The van der Waals surface area contributed by atoms with E-state index in [0.717, 1.165) is 11.1 Å². The molecule has 0 saturated heterocycles. The van der Waals surface area contributed by atoms with Crippen LogP contribution < -0.4 is 16.4 Å². The smallest absolute Gasteiger partial charge is 0.306 e. The number of nitrogens with zero attached hydrogens (tertiary/aromatic N) is 1. The summed E-state index contributed by atoms with van der Waals surface area (Å²) in [6.45, 7) is 6.96. The highest BCUT2D eigenvalue weighted by molar-refractivity contribution is 6.38. The van der Waals surface area contributed by atoms with Crippen molar-refractivity contribution in [2.45, 2.75) is 72.4 Å². The van der Waals surface area contributed by atoms with Gasteiger partial charge in [-0.25, -0.2) is 0 Å².